The molecule has 5 nitrogen and oxygen atoms in total. The lowest BCUT2D eigenvalue weighted by molar-refractivity contribution is 0.0482. The van der Waals surface area contributed by atoms with Gasteiger partial charge in [-0.3, -0.25) is 14.8 Å². The molecule has 3 rings (SSSR count). The summed E-state index contributed by atoms with van der Waals surface area (Å²) in [6.07, 6.45) is 4.86. The van der Waals surface area contributed by atoms with E-state index in [2.05, 4.69) is 42.8 Å². The zero-order valence-corrected chi connectivity index (χ0v) is 14.9. The molecule has 0 radical (unpaired) electrons. The van der Waals surface area contributed by atoms with Gasteiger partial charge in [0, 0.05) is 36.9 Å². The highest BCUT2D eigenvalue weighted by Gasteiger charge is 2.36. The Morgan fingerprint density at radius 1 is 1.26 bits per heavy atom. The minimum Gasteiger partial charge on any atom is -0.336 e. The van der Waals surface area contributed by atoms with Crippen molar-refractivity contribution < 1.29 is 4.79 Å². The number of nitrogens with zero attached hydrogens (tertiary/aromatic N) is 3. The molecule has 0 aliphatic carbocycles. The average molecular weight is 318 g/mol. The molecule has 23 heavy (non-hydrogen) atoms. The number of aromatic nitrogens is 2. The van der Waals surface area contributed by atoms with Gasteiger partial charge in [0.2, 0.25) is 0 Å². The lowest BCUT2D eigenvalue weighted by Gasteiger charge is -2.41. The molecule has 1 aromatic heterocycles. The largest absolute Gasteiger partial charge is 0.336 e. The van der Waals surface area contributed by atoms with Crippen LogP contribution in [0.1, 0.15) is 75.5 Å². The second-order valence-corrected chi connectivity index (χ2v) is 7.63. The van der Waals surface area contributed by atoms with E-state index in [1.165, 1.54) is 19.3 Å². The number of H-pyrrole nitrogens is 1. The van der Waals surface area contributed by atoms with E-state index < -0.39 is 0 Å². The first-order valence-corrected chi connectivity index (χ1v) is 9.09. The first-order chi connectivity index (χ1) is 11.0. The third-order valence-electron chi connectivity index (χ3n) is 5.56. The van der Waals surface area contributed by atoms with Crippen LogP contribution in [0.25, 0.3) is 0 Å². The number of hydrogen-bond acceptors (Lipinski definition) is 3. The van der Waals surface area contributed by atoms with Crippen molar-refractivity contribution in [2.45, 2.75) is 77.4 Å². The molecule has 0 bridgehead atoms. The number of piperidine rings is 1. The fourth-order valence-electron chi connectivity index (χ4n) is 4.22. The second kappa shape index (κ2) is 6.63. The molecule has 1 aromatic rings. The van der Waals surface area contributed by atoms with Crippen LogP contribution < -0.4 is 0 Å². The lowest BCUT2D eigenvalue weighted by atomic mass is 10.0. The van der Waals surface area contributed by atoms with Crippen molar-refractivity contribution in [2.75, 3.05) is 13.1 Å². The van der Waals surface area contributed by atoms with E-state index in [9.17, 15) is 4.79 Å². The highest BCUT2D eigenvalue weighted by atomic mass is 16.2. The Morgan fingerprint density at radius 2 is 1.96 bits per heavy atom. The molecule has 0 saturated carbocycles. The Morgan fingerprint density at radius 3 is 2.57 bits per heavy atom. The van der Waals surface area contributed by atoms with Crippen LogP contribution in [0.4, 0.5) is 0 Å². The van der Waals surface area contributed by atoms with Crippen molar-refractivity contribution in [3.05, 3.63) is 17.5 Å². The smallest absolute Gasteiger partial charge is 0.274 e. The monoisotopic (exact) mass is 318 g/mol. The highest BCUT2D eigenvalue weighted by Crippen LogP contribution is 2.30. The topological polar surface area (TPSA) is 52.2 Å². The first kappa shape index (κ1) is 16.5. The first-order valence-electron chi connectivity index (χ1n) is 9.09. The van der Waals surface area contributed by atoms with Crippen molar-refractivity contribution in [1.29, 1.82) is 0 Å². The predicted octanol–water partition coefficient (Wildman–Crippen LogP) is 3.01. The number of carbonyl (C=O) groups is 1. The van der Waals surface area contributed by atoms with E-state index in [4.69, 9.17) is 0 Å². The average Bonchev–Trinajstić information content (AvgIpc) is 3.14. The van der Waals surface area contributed by atoms with Crippen LogP contribution in [0.2, 0.25) is 0 Å². The van der Waals surface area contributed by atoms with Gasteiger partial charge in [0.05, 0.1) is 0 Å². The van der Waals surface area contributed by atoms with Gasteiger partial charge in [-0.05, 0) is 51.5 Å². The summed E-state index contributed by atoms with van der Waals surface area (Å²) in [5, 5.41) is 7.23. The normalized spacial score (nSPS) is 29.4. The van der Waals surface area contributed by atoms with Gasteiger partial charge < -0.3 is 4.90 Å². The minimum atomic E-state index is 0.0809. The maximum Gasteiger partial charge on any atom is 0.274 e. The van der Waals surface area contributed by atoms with Crippen molar-refractivity contribution in [3.63, 3.8) is 0 Å². The molecule has 0 unspecified atom stereocenters. The third-order valence-corrected chi connectivity index (χ3v) is 5.56. The number of likely N-dealkylation sites (tertiary alicyclic amines) is 2. The Kier molecular flexibility index (Phi) is 4.76. The molecule has 2 saturated heterocycles. The number of nitrogens with one attached hydrogen (secondary N) is 1. The summed E-state index contributed by atoms with van der Waals surface area (Å²) in [4.78, 5) is 17.4. The predicted molar refractivity (Wildman–Crippen MR) is 91.6 cm³/mol. The summed E-state index contributed by atoms with van der Waals surface area (Å²) in [5.41, 5.74) is 1.60. The van der Waals surface area contributed by atoms with Crippen molar-refractivity contribution in [1.82, 2.24) is 20.0 Å². The molecule has 3 atom stereocenters. The van der Waals surface area contributed by atoms with Gasteiger partial charge in [0.1, 0.15) is 5.69 Å². The molecular weight excluding hydrogens is 288 g/mol. The number of aromatic amines is 1. The highest BCUT2D eigenvalue weighted by molar-refractivity contribution is 5.92. The fourth-order valence-corrected chi connectivity index (χ4v) is 4.22. The second-order valence-electron chi connectivity index (χ2n) is 7.63. The van der Waals surface area contributed by atoms with Crippen LogP contribution in [0.3, 0.4) is 0 Å². The summed E-state index contributed by atoms with van der Waals surface area (Å²) in [6, 6.07) is 3.70. The Balaban J connectivity index is 1.69. The Hall–Kier alpha value is -1.36. The fraction of sp³-hybridized carbons (Fsp3) is 0.778. The molecule has 1 amide bonds. The molecular formula is C18H30N4O. The summed E-state index contributed by atoms with van der Waals surface area (Å²) in [7, 11) is 0. The van der Waals surface area contributed by atoms with Crippen LogP contribution in [0.5, 0.6) is 0 Å². The van der Waals surface area contributed by atoms with Crippen molar-refractivity contribution in [3.8, 4) is 0 Å². The summed E-state index contributed by atoms with van der Waals surface area (Å²) < 4.78 is 0. The van der Waals surface area contributed by atoms with E-state index in [1.807, 2.05) is 11.0 Å². The van der Waals surface area contributed by atoms with Crippen LogP contribution >= 0.6 is 0 Å². The number of hydrogen-bond donors (Lipinski definition) is 1. The SMILES string of the molecule is CC(C)c1cc(C(=O)N2CCC[C@H](N3[C@H](C)CC[C@H]3C)C2)n[nH]1. The van der Waals surface area contributed by atoms with E-state index in [1.54, 1.807) is 0 Å². The van der Waals surface area contributed by atoms with Crippen LogP contribution in [-0.2, 0) is 0 Å². The van der Waals surface area contributed by atoms with Crippen LogP contribution in [0.15, 0.2) is 6.07 Å². The van der Waals surface area contributed by atoms with E-state index in [0.717, 1.165) is 25.2 Å². The third kappa shape index (κ3) is 3.30. The zero-order chi connectivity index (χ0) is 16.6. The number of amides is 1. The van der Waals surface area contributed by atoms with Gasteiger partial charge in [-0.25, -0.2) is 0 Å². The standard InChI is InChI=1S/C18H30N4O/c1-12(2)16-10-17(20-19-16)18(23)21-9-5-6-15(11-21)22-13(3)7-8-14(22)4/h10,12-15H,5-9,11H2,1-4H3,(H,19,20)/t13-,14-,15+/m1/s1. The molecule has 5 heteroatoms. The molecule has 2 fully saturated rings. The molecule has 3 heterocycles. The zero-order valence-electron chi connectivity index (χ0n) is 14.9. The van der Waals surface area contributed by atoms with Crippen molar-refractivity contribution >= 4 is 5.91 Å². The molecule has 2 aliphatic rings. The van der Waals surface area contributed by atoms with Crippen molar-refractivity contribution in [2.24, 2.45) is 0 Å². The van der Waals surface area contributed by atoms with E-state index in [-0.39, 0.29) is 5.91 Å². The van der Waals surface area contributed by atoms with Gasteiger partial charge in [-0.2, -0.15) is 5.10 Å². The van der Waals surface area contributed by atoms with E-state index in [0.29, 0.717) is 29.7 Å². The van der Waals surface area contributed by atoms with Gasteiger partial charge >= 0.3 is 0 Å². The summed E-state index contributed by atoms with van der Waals surface area (Å²) >= 11 is 0. The molecule has 128 valence electrons. The maximum absolute atomic E-state index is 12.8. The van der Waals surface area contributed by atoms with E-state index >= 15 is 0 Å². The molecule has 1 N–H and O–H groups in total. The van der Waals surface area contributed by atoms with Gasteiger partial charge in [0.15, 0.2) is 0 Å². The number of carbonyl (C=O) groups excluding carboxylic acids is 1. The van der Waals surface area contributed by atoms with Gasteiger partial charge in [0.25, 0.3) is 5.91 Å². The molecule has 0 spiro atoms. The molecule has 0 aromatic carbocycles. The van der Waals surface area contributed by atoms with Crippen LogP contribution in [-0.4, -0.2) is 57.1 Å². The quantitative estimate of drug-likeness (QED) is 0.932. The maximum atomic E-state index is 12.8. The lowest BCUT2D eigenvalue weighted by Crippen LogP contribution is -2.52. The Labute approximate surface area is 139 Å². The van der Waals surface area contributed by atoms with Gasteiger partial charge in [-0.15, -0.1) is 0 Å². The Bertz CT molecular complexity index is 543. The summed E-state index contributed by atoms with van der Waals surface area (Å²) in [6.45, 7) is 10.6. The molecule has 2 aliphatic heterocycles. The number of rotatable bonds is 3. The van der Waals surface area contributed by atoms with Gasteiger partial charge in [-0.1, -0.05) is 13.8 Å². The minimum absolute atomic E-state index is 0.0809. The van der Waals surface area contributed by atoms with Crippen LogP contribution in [0, 0.1) is 0 Å². The summed E-state index contributed by atoms with van der Waals surface area (Å²) in [5.74, 6) is 0.446.